The number of aliphatic imine (C=N–C) groups is 1. The molecule has 25 heavy (non-hydrogen) atoms. The van der Waals surface area contributed by atoms with Crippen LogP contribution >= 0.6 is 0 Å². The third-order valence-electron chi connectivity index (χ3n) is 4.15. The Balaban J connectivity index is 1.67. The summed E-state index contributed by atoms with van der Waals surface area (Å²) >= 11 is 0. The van der Waals surface area contributed by atoms with Gasteiger partial charge in [0, 0.05) is 33.3 Å². The quantitative estimate of drug-likeness (QED) is 0.405. The van der Waals surface area contributed by atoms with Crippen LogP contribution < -0.4 is 15.4 Å². The first-order valence-electron chi connectivity index (χ1n) is 9.10. The van der Waals surface area contributed by atoms with E-state index in [-0.39, 0.29) is 0 Å². The molecule has 1 fully saturated rings. The van der Waals surface area contributed by atoms with Crippen LogP contribution in [0.3, 0.4) is 0 Å². The average Bonchev–Trinajstić information content (AvgIpc) is 3.13. The van der Waals surface area contributed by atoms with Crippen molar-refractivity contribution in [3.63, 3.8) is 0 Å². The average molecular weight is 348 g/mol. The number of ether oxygens (including phenoxy) is 2. The van der Waals surface area contributed by atoms with E-state index in [0.29, 0.717) is 6.10 Å². The van der Waals surface area contributed by atoms with Crippen molar-refractivity contribution >= 4 is 5.96 Å². The maximum atomic E-state index is 5.76. The maximum absolute atomic E-state index is 5.76. The van der Waals surface area contributed by atoms with Crippen LogP contribution in [-0.4, -0.2) is 64.4 Å². The molecule has 1 heterocycles. The zero-order valence-corrected chi connectivity index (χ0v) is 15.8. The van der Waals surface area contributed by atoms with Crippen LogP contribution in [0.2, 0.25) is 0 Å². The molecule has 1 atom stereocenters. The zero-order chi connectivity index (χ0) is 17.9. The number of nitrogens with zero attached hydrogens (tertiary/aromatic N) is 2. The van der Waals surface area contributed by atoms with Crippen LogP contribution in [0, 0.1) is 0 Å². The highest BCUT2D eigenvalue weighted by atomic mass is 16.5. The Hall–Kier alpha value is -1.79. The topological polar surface area (TPSA) is 58.1 Å². The molecule has 0 aromatic heterocycles. The summed E-state index contributed by atoms with van der Waals surface area (Å²) in [5.74, 6) is 1.72. The summed E-state index contributed by atoms with van der Waals surface area (Å²) in [4.78, 5) is 6.42. The summed E-state index contributed by atoms with van der Waals surface area (Å²) in [6.45, 7) is 4.20. The van der Waals surface area contributed by atoms with Gasteiger partial charge >= 0.3 is 0 Å². The summed E-state index contributed by atoms with van der Waals surface area (Å²) in [7, 11) is 5.94. The van der Waals surface area contributed by atoms with E-state index in [0.717, 1.165) is 63.8 Å². The molecule has 1 aromatic rings. The summed E-state index contributed by atoms with van der Waals surface area (Å²) < 4.78 is 11.4. The summed E-state index contributed by atoms with van der Waals surface area (Å²) in [5.41, 5.74) is 1.20. The van der Waals surface area contributed by atoms with E-state index in [1.54, 1.807) is 7.05 Å². The van der Waals surface area contributed by atoms with Crippen LogP contribution in [0.1, 0.15) is 24.8 Å². The Morgan fingerprint density at radius 3 is 2.72 bits per heavy atom. The van der Waals surface area contributed by atoms with Crippen LogP contribution in [0.25, 0.3) is 0 Å². The predicted molar refractivity (Wildman–Crippen MR) is 102 cm³/mol. The molecule has 0 aliphatic carbocycles. The summed E-state index contributed by atoms with van der Waals surface area (Å²) in [5, 5.41) is 6.65. The number of rotatable bonds is 9. The number of benzene rings is 1. The minimum atomic E-state index is 0.308. The highest BCUT2D eigenvalue weighted by Crippen LogP contribution is 2.13. The molecule has 0 saturated carbocycles. The van der Waals surface area contributed by atoms with Crippen LogP contribution in [0.4, 0.5) is 0 Å². The fourth-order valence-electron chi connectivity index (χ4n) is 2.70. The standard InChI is InChI=1S/C19H32N4O2/c1-20-19(22-15-18-6-4-12-25-18)21-14-16-7-9-17(10-8-16)24-13-5-11-23(2)3/h7-10,18H,4-6,11-15H2,1-3H3,(H2,20,21,22). The second kappa shape index (κ2) is 10.9. The molecule has 2 N–H and O–H groups in total. The van der Waals surface area contributed by atoms with Crippen LogP contribution in [0.5, 0.6) is 5.75 Å². The smallest absolute Gasteiger partial charge is 0.191 e. The molecule has 6 heteroatoms. The normalized spacial score (nSPS) is 17.8. The van der Waals surface area contributed by atoms with Crippen molar-refractivity contribution in [1.29, 1.82) is 0 Å². The molecule has 6 nitrogen and oxygen atoms in total. The largest absolute Gasteiger partial charge is 0.494 e. The lowest BCUT2D eigenvalue weighted by Crippen LogP contribution is -2.40. The van der Waals surface area contributed by atoms with Gasteiger partial charge in [0.25, 0.3) is 0 Å². The Morgan fingerprint density at radius 2 is 2.08 bits per heavy atom. The number of nitrogens with one attached hydrogen (secondary N) is 2. The molecule has 1 aromatic carbocycles. The SMILES string of the molecule is CN=C(NCc1ccc(OCCCN(C)C)cc1)NCC1CCCO1. The molecule has 0 bridgehead atoms. The van der Waals surface area contributed by atoms with Crippen molar-refractivity contribution in [2.24, 2.45) is 4.99 Å². The lowest BCUT2D eigenvalue weighted by molar-refractivity contribution is 0.114. The monoisotopic (exact) mass is 348 g/mol. The van der Waals surface area contributed by atoms with Crippen molar-refractivity contribution in [2.75, 3.05) is 47.4 Å². The highest BCUT2D eigenvalue weighted by molar-refractivity contribution is 5.79. The molecular weight excluding hydrogens is 316 g/mol. The molecular formula is C19H32N4O2. The lowest BCUT2D eigenvalue weighted by atomic mass is 10.2. The highest BCUT2D eigenvalue weighted by Gasteiger charge is 2.15. The number of hydrogen-bond acceptors (Lipinski definition) is 4. The van der Waals surface area contributed by atoms with Crippen LogP contribution in [-0.2, 0) is 11.3 Å². The van der Waals surface area contributed by atoms with Gasteiger partial charge in [-0.2, -0.15) is 0 Å². The second-order valence-corrected chi connectivity index (χ2v) is 6.59. The van der Waals surface area contributed by atoms with E-state index in [4.69, 9.17) is 9.47 Å². The van der Waals surface area contributed by atoms with Gasteiger partial charge in [-0.1, -0.05) is 12.1 Å². The van der Waals surface area contributed by atoms with Gasteiger partial charge in [-0.15, -0.1) is 0 Å². The zero-order valence-electron chi connectivity index (χ0n) is 15.8. The Labute approximate surface area is 151 Å². The first kappa shape index (κ1) is 19.5. The minimum absolute atomic E-state index is 0.308. The molecule has 2 rings (SSSR count). The number of hydrogen-bond donors (Lipinski definition) is 2. The Bertz CT molecular complexity index is 511. The van der Waals surface area contributed by atoms with Gasteiger partial charge in [0.1, 0.15) is 5.75 Å². The minimum Gasteiger partial charge on any atom is -0.494 e. The predicted octanol–water partition coefficient (Wildman–Crippen LogP) is 1.86. The van der Waals surface area contributed by atoms with Crippen molar-refractivity contribution in [3.05, 3.63) is 29.8 Å². The van der Waals surface area contributed by atoms with E-state index >= 15 is 0 Å². The first-order valence-corrected chi connectivity index (χ1v) is 9.10. The van der Waals surface area contributed by atoms with Crippen molar-refractivity contribution in [1.82, 2.24) is 15.5 Å². The molecule has 140 valence electrons. The maximum Gasteiger partial charge on any atom is 0.191 e. The molecule has 1 unspecified atom stereocenters. The van der Waals surface area contributed by atoms with Gasteiger partial charge in [0.2, 0.25) is 0 Å². The summed E-state index contributed by atoms with van der Waals surface area (Å²) in [6, 6.07) is 8.22. The molecule has 1 aliphatic rings. The fourth-order valence-corrected chi connectivity index (χ4v) is 2.70. The molecule has 1 aliphatic heterocycles. The lowest BCUT2D eigenvalue weighted by Gasteiger charge is -2.15. The van der Waals surface area contributed by atoms with E-state index in [1.807, 2.05) is 12.1 Å². The van der Waals surface area contributed by atoms with E-state index in [9.17, 15) is 0 Å². The molecule has 0 amide bonds. The van der Waals surface area contributed by atoms with Gasteiger partial charge in [-0.3, -0.25) is 4.99 Å². The van der Waals surface area contributed by atoms with Gasteiger partial charge in [-0.05, 0) is 51.1 Å². The molecule has 1 saturated heterocycles. The van der Waals surface area contributed by atoms with Gasteiger partial charge < -0.3 is 25.0 Å². The first-order chi connectivity index (χ1) is 12.2. The third kappa shape index (κ3) is 7.75. The van der Waals surface area contributed by atoms with E-state index < -0.39 is 0 Å². The number of guanidine groups is 1. The van der Waals surface area contributed by atoms with Gasteiger partial charge in [-0.25, -0.2) is 0 Å². The fraction of sp³-hybridized carbons (Fsp3) is 0.632. The Kier molecular flexibility index (Phi) is 8.55. The van der Waals surface area contributed by atoms with Gasteiger partial charge in [0.05, 0.1) is 12.7 Å². The van der Waals surface area contributed by atoms with Crippen LogP contribution in [0.15, 0.2) is 29.3 Å². The summed E-state index contributed by atoms with van der Waals surface area (Å²) in [6.07, 6.45) is 3.62. The third-order valence-corrected chi connectivity index (χ3v) is 4.15. The van der Waals surface area contributed by atoms with Crippen molar-refractivity contribution in [2.45, 2.75) is 31.9 Å². The molecule has 0 spiro atoms. The van der Waals surface area contributed by atoms with Gasteiger partial charge in [0.15, 0.2) is 5.96 Å². The van der Waals surface area contributed by atoms with E-state index in [1.165, 1.54) is 5.56 Å². The van der Waals surface area contributed by atoms with Crippen molar-refractivity contribution in [3.8, 4) is 5.75 Å². The molecule has 0 radical (unpaired) electrons. The second-order valence-electron chi connectivity index (χ2n) is 6.59. The Morgan fingerprint density at radius 1 is 1.28 bits per heavy atom. The van der Waals surface area contributed by atoms with Crippen molar-refractivity contribution < 1.29 is 9.47 Å². The van der Waals surface area contributed by atoms with E-state index in [2.05, 4.69) is 46.8 Å².